The predicted octanol–water partition coefficient (Wildman–Crippen LogP) is 2.66. The largest absolute Gasteiger partial charge is 0.354 e. The lowest BCUT2D eigenvalue weighted by Gasteiger charge is -2.37. The van der Waals surface area contributed by atoms with Crippen LogP contribution in [-0.2, 0) is 4.79 Å². The molecular weight excluding hydrogens is 368 g/mol. The summed E-state index contributed by atoms with van der Waals surface area (Å²) in [5, 5.41) is 17.6. The third-order valence-corrected chi connectivity index (χ3v) is 5.62. The van der Waals surface area contributed by atoms with Gasteiger partial charge in [-0.2, -0.15) is 0 Å². The molecule has 8 heteroatoms. The Kier molecular flexibility index (Phi) is 8.01. The molecule has 0 bridgehead atoms. The number of hydrogen-bond acceptors (Lipinski definition) is 5. The van der Waals surface area contributed by atoms with E-state index in [0.29, 0.717) is 12.5 Å². The van der Waals surface area contributed by atoms with Gasteiger partial charge in [0, 0.05) is 30.8 Å². The van der Waals surface area contributed by atoms with Crippen LogP contribution < -0.4 is 10.6 Å². The molecular formula is C19H29ClN4O3. The number of carbonyl (C=O) groups excluding carboxylic acids is 1. The number of para-hydroxylation sites is 1. The molecule has 2 heterocycles. The quantitative estimate of drug-likeness (QED) is 0.570. The van der Waals surface area contributed by atoms with Gasteiger partial charge in [-0.3, -0.25) is 19.8 Å². The Bertz CT molecular complexity index is 652. The topological polar surface area (TPSA) is 87.5 Å². The van der Waals surface area contributed by atoms with Crippen molar-refractivity contribution < 1.29 is 9.72 Å². The van der Waals surface area contributed by atoms with Gasteiger partial charge in [0.15, 0.2) is 0 Å². The summed E-state index contributed by atoms with van der Waals surface area (Å²) >= 11 is 0. The fraction of sp³-hybridized carbons (Fsp3) is 0.632. The van der Waals surface area contributed by atoms with Crippen LogP contribution in [0.1, 0.15) is 44.2 Å². The number of piperidine rings is 1. The highest BCUT2D eigenvalue weighted by molar-refractivity contribution is 5.85. The lowest BCUT2D eigenvalue weighted by molar-refractivity contribution is -0.386. The molecule has 1 aromatic rings. The van der Waals surface area contributed by atoms with Gasteiger partial charge in [0.05, 0.1) is 11.0 Å². The molecule has 1 aromatic carbocycles. The number of carbonyl (C=O) groups is 1. The van der Waals surface area contributed by atoms with E-state index in [1.54, 1.807) is 12.1 Å². The van der Waals surface area contributed by atoms with E-state index in [-0.39, 0.29) is 41.0 Å². The van der Waals surface area contributed by atoms with Crippen molar-refractivity contribution in [2.24, 2.45) is 5.92 Å². The molecule has 2 saturated heterocycles. The van der Waals surface area contributed by atoms with E-state index >= 15 is 0 Å². The molecule has 27 heavy (non-hydrogen) atoms. The zero-order valence-corrected chi connectivity index (χ0v) is 16.5. The zero-order chi connectivity index (χ0) is 18.5. The summed E-state index contributed by atoms with van der Waals surface area (Å²) in [5.74, 6) is 0.491. The standard InChI is InChI=1S/C19H28N4O3.ClH/c1-14(16-7-2-3-9-18(16)23(25)26)22-11-5-6-15(13-22)12-21-19(24)17-8-4-10-20-17;/h2-3,7,9,14-15,17,20H,4-6,8,10-13H2,1H3,(H,21,24);1H. The van der Waals surface area contributed by atoms with E-state index < -0.39 is 0 Å². The number of benzene rings is 1. The fourth-order valence-corrected chi connectivity index (χ4v) is 4.10. The molecule has 3 rings (SSSR count). The van der Waals surface area contributed by atoms with E-state index in [2.05, 4.69) is 15.5 Å². The van der Waals surface area contributed by atoms with Crippen LogP contribution in [0, 0.1) is 16.0 Å². The maximum atomic E-state index is 12.2. The van der Waals surface area contributed by atoms with E-state index in [9.17, 15) is 14.9 Å². The Morgan fingerprint density at radius 1 is 1.37 bits per heavy atom. The van der Waals surface area contributed by atoms with Crippen molar-refractivity contribution in [1.29, 1.82) is 0 Å². The number of nitro groups is 1. The van der Waals surface area contributed by atoms with Crippen molar-refractivity contribution in [3.63, 3.8) is 0 Å². The molecule has 2 N–H and O–H groups in total. The summed E-state index contributed by atoms with van der Waals surface area (Å²) in [4.78, 5) is 25.5. The summed E-state index contributed by atoms with van der Waals surface area (Å²) in [7, 11) is 0. The molecule has 0 aliphatic carbocycles. The van der Waals surface area contributed by atoms with Crippen molar-refractivity contribution in [3.05, 3.63) is 39.9 Å². The highest BCUT2D eigenvalue weighted by Crippen LogP contribution is 2.31. The van der Waals surface area contributed by atoms with Gasteiger partial charge in [0.2, 0.25) is 5.91 Å². The molecule has 0 spiro atoms. The van der Waals surface area contributed by atoms with Gasteiger partial charge in [-0.25, -0.2) is 0 Å². The van der Waals surface area contributed by atoms with Crippen LogP contribution in [-0.4, -0.2) is 48.0 Å². The van der Waals surface area contributed by atoms with E-state index in [4.69, 9.17) is 0 Å². The molecule has 1 amide bonds. The van der Waals surface area contributed by atoms with Crippen LogP contribution >= 0.6 is 12.4 Å². The molecule has 0 saturated carbocycles. The average molecular weight is 397 g/mol. The van der Waals surface area contributed by atoms with Crippen LogP contribution in [0.2, 0.25) is 0 Å². The minimum atomic E-state index is -0.303. The van der Waals surface area contributed by atoms with Crippen molar-refractivity contribution in [2.45, 2.75) is 44.7 Å². The van der Waals surface area contributed by atoms with E-state index in [1.807, 2.05) is 19.1 Å². The van der Waals surface area contributed by atoms with Gasteiger partial charge in [-0.1, -0.05) is 18.2 Å². The lowest BCUT2D eigenvalue weighted by atomic mass is 9.94. The molecule has 3 atom stereocenters. The second-order valence-electron chi connectivity index (χ2n) is 7.39. The highest BCUT2D eigenvalue weighted by Gasteiger charge is 2.29. The minimum absolute atomic E-state index is 0. The molecule has 0 radical (unpaired) electrons. The Morgan fingerprint density at radius 2 is 2.15 bits per heavy atom. The second-order valence-corrected chi connectivity index (χ2v) is 7.39. The smallest absolute Gasteiger partial charge is 0.274 e. The Balaban J connectivity index is 0.00000261. The van der Waals surface area contributed by atoms with Crippen LogP contribution in [0.15, 0.2) is 24.3 Å². The maximum absolute atomic E-state index is 12.2. The number of nitrogens with zero attached hydrogens (tertiary/aromatic N) is 2. The lowest BCUT2D eigenvalue weighted by Crippen LogP contribution is -2.45. The first-order chi connectivity index (χ1) is 12.6. The van der Waals surface area contributed by atoms with Gasteiger partial charge in [0.25, 0.3) is 5.69 Å². The molecule has 3 unspecified atom stereocenters. The SMILES string of the molecule is CC(c1ccccc1[N+](=O)[O-])N1CCCC(CNC(=O)C2CCCN2)C1.Cl. The monoisotopic (exact) mass is 396 g/mol. The van der Waals surface area contributed by atoms with Gasteiger partial charge >= 0.3 is 0 Å². The minimum Gasteiger partial charge on any atom is -0.354 e. The molecule has 2 fully saturated rings. The molecule has 7 nitrogen and oxygen atoms in total. The molecule has 0 aromatic heterocycles. The van der Waals surface area contributed by atoms with Gasteiger partial charge in [-0.05, 0) is 51.6 Å². The van der Waals surface area contributed by atoms with Crippen molar-refractivity contribution in [2.75, 3.05) is 26.2 Å². The van der Waals surface area contributed by atoms with E-state index in [0.717, 1.165) is 50.9 Å². The Morgan fingerprint density at radius 3 is 2.85 bits per heavy atom. The Labute approximate surface area is 166 Å². The number of amides is 1. The highest BCUT2D eigenvalue weighted by atomic mass is 35.5. The first kappa shape index (κ1) is 21.6. The fourth-order valence-electron chi connectivity index (χ4n) is 4.10. The molecule has 150 valence electrons. The van der Waals surface area contributed by atoms with Crippen molar-refractivity contribution >= 4 is 24.0 Å². The number of halogens is 1. The van der Waals surface area contributed by atoms with Crippen LogP contribution in [0.4, 0.5) is 5.69 Å². The Hall–Kier alpha value is -1.70. The van der Waals surface area contributed by atoms with Crippen LogP contribution in [0.5, 0.6) is 0 Å². The molecule has 2 aliphatic rings. The number of nitro benzene ring substituents is 1. The van der Waals surface area contributed by atoms with Gasteiger partial charge in [0.1, 0.15) is 0 Å². The van der Waals surface area contributed by atoms with Gasteiger partial charge < -0.3 is 10.6 Å². The number of rotatable bonds is 6. The van der Waals surface area contributed by atoms with E-state index in [1.165, 1.54) is 0 Å². The predicted molar refractivity (Wildman–Crippen MR) is 107 cm³/mol. The first-order valence-corrected chi connectivity index (χ1v) is 9.54. The first-order valence-electron chi connectivity index (χ1n) is 9.54. The summed E-state index contributed by atoms with van der Waals surface area (Å²) in [6, 6.07) is 6.93. The summed E-state index contributed by atoms with van der Waals surface area (Å²) in [6.07, 6.45) is 4.10. The summed E-state index contributed by atoms with van der Waals surface area (Å²) in [6.45, 7) is 5.42. The van der Waals surface area contributed by atoms with Crippen molar-refractivity contribution in [3.8, 4) is 0 Å². The number of likely N-dealkylation sites (tertiary alicyclic amines) is 1. The van der Waals surface area contributed by atoms with Crippen LogP contribution in [0.3, 0.4) is 0 Å². The zero-order valence-electron chi connectivity index (χ0n) is 15.7. The van der Waals surface area contributed by atoms with Crippen molar-refractivity contribution in [1.82, 2.24) is 15.5 Å². The second kappa shape index (κ2) is 10.0. The van der Waals surface area contributed by atoms with Crippen LogP contribution in [0.25, 0.3) is 0 Å². The average Bonchev–Trinajstić information content (AvgIpc) is 3.20. The van der Waals surface area contributed by atoms with Gasteiger partial charge in [-0.15, -0.1) is 12.4 Å². The third-order valence-electron chi connectivity index (χ3n) is 5.62. The normalized spacial score (nSPS) is 24.0. The molecule has 2 aliphatic heterocycles. The maximum Gasteiger partial charge on any atom is 0.274 e. The third kappa shape index (κ3) is 5.40. The number of nitrogens with one attached hydrogen (secondary N) is 2. The summed E-state index contributed by atoms with van der Waals surface area (Å²) < 4.78 is 0. The number of hydrogen-bond donors (Lipinski definition) is 2. The summed E-state index contributed by atoms with van der Waals surface area (Å²) in [5.41, 5.74) is 0.945.